The first-order valence-electron chi connectivity index (χ1n) is 5.04. The van der Waals surface area contributed by atoms with E-state index in [0.717, 1.165) is 0 Å². The molecule has 5 nitrogen and oxygen atoms in total. The summed E-state index contributed by atoms with van der Waals surface area (Å²) in [7, 11) is 0. The molecule has 1 amide bonds. The van der Waals surface area contributed by atoms with Gasteiger partial charge in [0.15, 0.2) is 0 Å². The second-order valence-corrected chi connectivity index (χ2v) is 4.73. The molecule has 1 aromatic rings. The molecule has 1 heterocycles. The quantitative estimate of drug-likeness (QED) is 0.759. The van der Waals surface area contributed by atoms with Crippen LogP contribution in [-0.2, 0) is 11.3 Å². The van der Waals surface area contributed by atoms with Gasteiger partial charge in [0.1, 0.15) is 6.54 Å². The largest absolute Gasteiger partial charge is 0.394 e. The van der Waals surface area contributed by atoms with Crippen molar-refractivity contribution in [3.63, 3.8) is 0 Å². The lowest BCUT2D eigenvalue weighted by molar-refractivity contribution is -0.123. The van der Waals surface area contributed by atoms with Crippen molar-refractivity contribution in [1.82, 2.24) is 9.88 Å². The molecular weight excluding hydrogens is 206 g/mol. The van der Waals surface area contributed by atoms with Crippen LogP contribution in [-0.4, -0.2) is 16.0 Å². The van der Waals surface area contributed by atoms with Gasteiger partial charge < -0.3 is 15.6 Å². The van der Waals surface area contributed by atoms with Gasteiger partial charge in [-0.3, -0.25) is 9.59 Å². The molecule has 0 aliphatic heterocycles. The van der Waals surface area contributed by atoms with Gasteiger partial charge in [-0.25, -0.2) is 0 Å². The monoisotopic (exact) mass is 223 g/mol. The second kappa shape index (κ2) is 4.38. The van der Waals surface area contributed by atoms with Gasteiger partial charge in [0.2, 0.25) is 11.3 Å². The standard InChI is InChI=1S/C11H17N3O2/c1-11(2,3)13-10(16)7-14-5-4-9(15)8(12)6-14/h4-6H,7,12H2,1-3H3,(H,13,16). The Morgan fingerprint density at radius 2 is 2.12 bits per heavy atom. The summed E-state index contributed by atoms with van der Waals surface area (Å²) in [5.41, 5.74) is 5.11. The molecule has 3 N–H and O–H groups in total. The van der Waals surface area contributed by atoms with E-state index < -0.39 is 0 Å². The molecule has 0 spiro atoms. The molecule has 0 bridgehead atoms. The molecule has 88 valence electrons. The average molecular weight is 223 g/mol. The number of rotatable bonds is 2. The number of nitrogens with one attached hydrogen (secondary N) is 1. The third kappa shape index (κ3) is 3.76. The summed E-state index contributed by atoms with van der Waals surface area (Å²) in [6, 6.07) is 1.35. The van der Waals surface area contributed by atoms with E-state index in [4.69, 9.17) is 5.73 Å². The Balaban J connectivity index is 2.71. The molecule has 16 heavy (non-hydrogen) atoms. The Morgan fingerprint density at radius 3 is 2.62 bits per heavy atom. The van der Waals surface area contributed by atoms with Gasteiger partial charge in [-0.05, 0) is 20.8 Å². The van der Waals surface area contributed by atoms with E-state index >= 15 is 0 Å². The van der Waals surface area contributed by atoms with Gasteiger partial charge in [-0.1, -0.05) is 0 Å². The fraction of sp³-hybridized carbons (Fsp3) is 0.455. The predicted molar refractivity (Wildman–Crippen MR) is 63.0 cm³/mol. The van der Waals surface area contributed by atoms with E-state index in [2.05, 4.69) is 5.32 Å². The Labute approximate surface area is 94.3 Å². The van der Waals surface area contributed by atoms with Crippen LogP contribution in [0.15, 0.2) is 23.3 Å². The summed E-state index contributed by atoms with van der Waals surface area (Å²) in [5.74, 6) is -0.115. The molecule has 0 aromatic carbocycles. The lowest BCUT2D eigenvalue weighted by atomic mass is 10.1. The third-order valence-corrected chi connectivity index (χ3v) is 1.85. The first-order valence-corrected chi connectivity index (χ1v) is 5.04. The van der Waals surface area contributed by atoms with E-state index in [1.807, 2.05) is 20.8 Å². The zero-order valence-corrected chi connectivity index (χ0v) is 9.78. The molecule has 0 fully saturated rings. The molecule has 0 saturated heterocycles. The average Bonchev–Trinajstić information content (AvgIpc) is 2.08. The topological polar surface area (TPSA) is 77.1 Å². The van der Waals surface area contributed by atoms with E-state index in [-0.39, 0.29) is 29.1 Å². The van der Waals surface area contributed by atoms with Gasteiger partial charge >= 0.3 is 0 Å². The highest BCUT2D eigenvalue weighted by molar-refractivity contribution is 5.76. The number of nitrogen functional groups attached to an aromatic ring is 1. The van der Waals surface area contributed by atoms with Crippen molar-refractivity contribution in [2.24, 2.45) is 0 Å². The maximum Gasteiger partial charge on any atom is 0.240 e. The van der Waals surface area contributed by atoms with E-state index in [1.165, 1.54) is 12.3 Å². The van der Waals surface area contributed by atoms with E-state index in [9.17, 15) is 9.59 Å². The van der Waals surface area contributed by atoms with E-state index in [1.54, 1.807) is 10.8 Å². The van der Waals surface area contributed by atoms with Crippen molar-refractivity contribution in [2.45, 2.75) is 32.9 Å². The first kappa shape index (κ1) is 12.3. The normalized spacial score (nSPS) is 11.2. The fourth-order valence-electron chi connectivity index (χ4n) is 1.27. The van der Waals surface area contributed by atoms with Crippen molar-refractivity contribution < 1.29 is 4.79 Å². The summed E-state index contributed by atoms with van der Waals surface area (Å²) in [6.45, 7) is 5.88. The van der Waals surface area contributed by atoms with Crippen LogP contribution in [0.25, 0.3) is 0 Å². The SMILES string of the molecule is CC(C)(C)NC(=O)Cn1ccc(=O)c(N)c1. The molecule has 0 atom stereocenters. The number of carbonyl (C=O) groups is 1. The smallest absolute Gasteiger partial charge is 0.240 e. The molecule has 0 saturated carbocycles. The van der Waals surface area contributed by atoms with E-state index in [0.29, 0.717) is 0 Å². The molecule has 0 radical (unpaired) electrons. The van der Waals surface area contributed by atoms with Crippen LogP contribution in [0.3, 0.4) is 0 Å². The lowest BCUT2D eigenvalue weighted by Gasteiger charge is -2.20. The fourth-order valence-corrected chi connectivity index (χ4v) is 1.27. The highest BCUT2D eigenvalue weighted by Gasteiger charge is 2.13. The number of anilines is 1. The number of aromatic nitrogens is 1. The summed E-state index contributed by atoms with van der Waals surface area (Å²) in [6.07, 6.45) is 3.01. The van der Waals surface area contributed by atoms with Gasteiger partial charge in [0.05, 0.1) is 5.69 Å². The minimum Gasteiger partial charge on any atom is -0.394 e. The van der Waals surface area contributed by atoms with Gasteiger partial charge in [-0.2, -0.15) is 0 Å². The third-order valence-electron chi connectivity index (χ3n) is 1.85. The maximum atomic E-state index is 11.6. The summed E-state index contributed by atoms with van der Waals surface area (Å²) in [4.78, 5) is 22.6. The second-order valence-electron chi connectivity index (χ2n) is 4.73. The number of hydrogen-bond acceptors (Lipinski definition) is 3. The van der Waals surface area contributed by atoms with Crippen LogP contribution in [0.2, 0.25) is 0 Å². The molecule has 1 aromatic heterocycles. The lowest BCUT2D eigenvalue weighted by Crippen LogP contribution is -2.42. The van der Waals surface area contributed by atoms with Crippen molar-refractivity contribution in [3.8, 4) is 0 Å². The van der Waals surface area contributed by atoms with Crippen molar-refractivity contribution >= 4 is 11.6 Å². The number of amides is 1. The Bertz CT molecular complexity index is 443. The van der Waals surface area contributed by atoms with Crippen LogP contribution in [0.4, 0.5) is 5.69 Å². The molecule has 0 unspecified atom stereocenters. The van der Waals surface area contributed by atoms with Crippen molar-refractivity contribution in [2.75, 3.05) is 5.73 Å². The molecule has 0 aliphatic rings. The minimum absolute atomic E-state index is 0.115. The molecule has 1 rings (SSSR count). The highest BCUT2D eigenvalue weighted by atomic mass is 16.2. The van der Waals surface area contributed by atoms with Gasteiger partial charge in [0, 0.05) is 24.0 Å². The summed E-state index contributed by atoms with van der Waals surface area (Å²) < 4.78 is 1.58. The van der Waals surface area contributed by atoms with Crippen molar-refractivity contribution in [1.29, 1.82) is 0 Å². The summed E-state index contributed by atoms with van der Waals surface area (Å²) in [5, 5.41) is 2.82. The Hall–Kier alpha value is -1.78. The molecule has 5 heteroatoms. The Kier molecular flexibility index (Phi) is 3.37. The van der Waals surface area contributed by atoms with Crippen LogP contribution in [0, 0.1) is 0 Å². The number of nitrogens with two attached hydrogens (primary N) is 1. The van der Waals surface area contributed by atoms with Crippen LogP contribution in [0.1, 0.15) is 20.8 Å². The Morgan fingerprint density at radius 1 is 1.50 bits per heavy atom. The van der Waals surface area contributed by atoms with Gasteiger partial charge in [0.25, 0.3) is 0 Å². The number of pyridine rings is 1. The number of nitrogens with zero attached hydrogens (tertiary/aromatic N) is 1. The zero-order valence-electron chi connectivity index (χ0n) is 9.78. The highest BCUT2D eigenvalue weighted by Crippen LogP contribution is 1.99. The minimum atomic E-state index is -0.262. The van der Waals surface area contributed by atoms with Gasteiger partial charge in [-0.15, -0.1) is 0 Å². The van der Waals surface area contributed by atoms with Crippen LogP contribution < -0.4 is 16.5 Å². The van der Waals surface area contributed by atoms with Crippen molar-refractivity contribution in [3.05, 3.63) is 28.7 Å². The predicted octanol–water partition coefficient (Wildman–Crippen LogP) is 0.345. The number of hydrogen-bond donors (Lipinski definition) is 2. The zero-order chi connectivity index (χ0) is 12.3. The van der Waals surface area contributed by atoms with Crippen LogP contribution in [0.5, 0.6) is 0 Å². The number of carbonyl (C=O) groups excluding carboxylic acids is 1. The maximum absolute atomic E-state index is 11.6. The van der Waals surface area contributed by atoms with Crippen LogP contribution >= 0.6 is 0 Å². The first-order chi connectivity index (χ1) is 7.28. The summed E-state index contributed by atoms with van der Waals surface area (Å²) >= 11 is 0. The molecular formula is C11H17N3O2. The molecule has 0 aliphatic carbocycles.